The van der Waals surface area contributed by atoms with Gasteiger partial charge in [0.25, 0.3) is 0 Å². The Kier molecular flexibility index (Phi) is 8.79. The van der Waals surface area contributed by atoms with Crippen molar-refractivity contribution in [2.24, 2.45) is 0 Å². The van der Waals surface area contributed by atoms with Crippen LogP contribution in [0.3, 0.4) is 0 Å². The number of hydrogen-bond donors (Lipinski definition) is 1. The summed E-state index contributed by atoms with van der Waals surface area (Å²) < 4.78 is 15.4. The minimum atomic E-state index is -0.167. The fourth-order valence-corrected chi connectivity index (χ4v) is 2.09. The third kappa shape index (κ3) is 6.30. The van der Waals surface area contributed by atoms with Crippen LogP contribution < -0.4 is 9.47 Å². The Hall–Kier alpha value is -2.05. The number of aliphatic hydroxyl groups is 1. The summed E-state index contributed by atoms with van der Waals surface area (Å²) in [6.07, 6.45) is 3.88. The Labute approximate surface area is 137 Å². The number of rotatable bonds is 10. The molecule has 0 radical (unpaired) electrons. The molecule has 6 heteroatoms. The number of carbonyl (C=O) groups excluding carboxylic acids is 1. The minimum absolute atomic E-state index is 0.0744. The first kappa shape index (κ1) is 19.0. The molecule has 23 heavy (non-hydrogen) atoms. The van der Waals surface area contributed by atoms with Gasteiger partial charge >= 0.3 is 0 Å². The second-order valence-electron chi connectivity index (χ2n) is 4.84. The van der Waals surface area contributed by atoms with E-state index in [-0.39, 0.29) is 12.5 Å². The van der Waals surface area contributed by atoms with Crippen LogP contribution in [0, 0.1) is 0 Å². The molecule has 0 aromatic heterocycles. The Morgan fingerprint density at radius 3 is 2.61 bits per heavy atom. The van der Waals surface area contributed by atoms with Gasteiger partial charge in [-0.05, 0) is 30.7 Å². The van der Waals surface area contributed by atoms with Crippen LogP contribution >= 0.6 is 0 Å². The summed E-state index contributed by atoms with van der Waals surface area (Å²) in [6, 6.07) is 5.37. The molecule has 0 atom stereocenters. The molecule has 0 saturated carbocycles. The van der Waals surface area contributed by atoms with E-state index in [0.717, 1.165) is 12.0 Å². The van der Waals surface area contributed by atoms with E-state index in [1.807, 2.05) is 0 Å². The normalized spacial score (nSPS) is 10.8. The molecule has 0 heterocycles. The first-order valence-electron chi connectivity index (χ1n) is 7.45. The summed E-state index contributed by atoms with van der Waals surface area (Å²) in [7, 11) is 4.77. The number of hydrogen-bond acceptors (Lipinski definition) is 5. The molecule has 1 aromatic carbocycles. The molecule has 0 aliphatic rings. The fourth-order valence-electron chi connectivity index (χ4n) is 2.09. The van der Waals surface area contributed by atoms with Crippen LogP contribution in [0.2, 0.25) is 0 Å². The van der Waals surface area contributed by atoms with E-state index < -0.39 is 0 Å². The van der Waals surface area contributed by atoms with Crippen LogP contribution in [0.5, 0.6) is 11.5 Å². The fraction of sp³-hybridized carbons (Fsp3) is 0.471. The molecule has 0 fully saturated rings. The van der Waals surface area contributed by atoms with E-state index in [4.69, 9.17) is 19.3 Å². The second kappa shape index (κ2) is 10.6. The maximum Gasteiger partial charge on any atom is 0.246 e. The zero-order valence-electron chi connectivity index (χ0n) is 13.9. The van der Waals surface area contributed by atoms with Gasteiger partial charge < -0.3 is 24.2 Å². The molecule has 0 unspecified atom stereocenters. The lowest BCUT2D eigenvalue weighted by atomic mass is 10.1. The van der Waals surface area contributed by atoms with Crippen molar-refractivity contribution in [2.45, 2.75) is 6.42 Å². The van der Waals surface area contributed by atoms with Crippen molar-refractivity contribution in [3.05, 3.63) is 29.8 Å². The van der Waals surface area contributed by atoms with E-state index in [0.29, 0.717) is 31.2 Å². The van der Waals surface area contributed by atoms with Crippen molar-refractivity contribution < 1.29 is 24.1 Å². The van der Waals surface area contributed by atoms with Gasteiger partial charge in [0, 0.05) is 38.4 Å². The highest BCUT2D eigenvalue weighted by molar-refractivity contribution is 5.92. The average Bonchev–Trinajstić information content (AvgIpc) is 2.58. The zero-order valence-corrected chi connectivity index (χ0v) is 13.9. The van der Waals surface area contributed by atoms with Crippen molar-refractivity contribution in [1.82, 2.24) is 4.90 Å². The monoisotopic (exact) mass is 323 g/mol. The number of aliphatic hydroxyl groups excluding tert-OH is 1. The van der Waals surface area contributed by atoms with E-state index in [1.165, 1.54) is 6.08 Å². The van der Waals surface area contributed by atoms with Crippen LogP contribution in [-0.2, 0) is 9.53 Å². The molecule has 0 bridgehead atoms. The number of nitrogens with zero attached hydrogens (tertiary/aromatic N) is 1. The minimum Gasteiger partial charge on any atom is -0.497 e. The summed E-state index contributed by atoms with van der Waals surface area (Å²) in [5, 5.41) is 9.09. The molecule has 0 spiro atoms. The van der Waals surface area contributed by atoms with E-state index in [9.17, 15) is 4.79 Å². The molecule has 1 amide bonds. The van der Waals surface area contributed by atoms with E-state index in [2.05, 4.69) is 0 Å². The maximum absolute atomic E-state index is 12.3. The van der Waals surface area contributed by atoms with Gasteiger partial charge in [0.15, 0.2) is 0 Å². The van der Waals surface area contributed by atoms with Crippen molar-refractivity contribution in [2.75, 3.05) is 47.6 Å². The van der Waals surface area contributed by atoms with Crippen LogP contribution in [0.15, 0.2) is 24.3 Å². The second-order valence-corrected chi connectivity index (χ2v) is 4.84. The van der Waals surface area contributed by atoms with Gasteiger partial charge in [-0.1, -0.05) is 0 Å². The van der Waals surface area contributed by atoms with Gasteiger partial charge in [0.1, 0.15) is 11.5 Å². The SMILES string of the molecule is COCCCN(CCO)C(=O)/C=C/c1cc(OC)ccc1OC. The van der Waals surface area contributed by atoms with Gasteiger partial charge in [-0.25, -0.2) is 0 Å². The molecular formula is C17H25NO5. The molecule has 0 saturated heterocycles. The zero-order chi connectivity index (χ0) is 17.1. The van der Waals surface area contributed by atoms with Crippen LogP contribution in [0.25, 0.3) is 6.08 Å². The average molecular weight is 323 g/mol. The molecule has 128 valence electrons. The smallest absolute Gasteiger partial charge is 0.246 e. The Morgan fingerprint density at radius 2 is 2.00 bits per heavy atom. The Bertz CT molecular complexity index is 516. The number of carbonyl (C=O) groups is 1. The van der Waals surface area contributed by atoms with Crippen LogP contribution in [0.4, 0.5) is 0 Å². The molecule has 0 aliphatic carbocycles. The first-order valence-corrected chi connectivity index (χ1v) is 7.45. The van der Waals surface area contributed by atoms with E-state index in [1.54, 1.807) is 50.5 Å². The predicted molar refractivity (Wildman–Crippen MR) is 88.7 cm³/mol. The number of methoxy groups -OCH3 is 3. The Balaban J connectivity index is 2.81. The number of ether oxygens (including phenoxy) is 3. The van der Waals surface area contributed by atoms with E-state index >= 15 is 0 Å². The van der Waals surface area contributed by atoms with Crippen molar-refractivity contribution in [3.8, 4) is 11.5 Å². The number of amides is 1. The first-order chi connectivity index (χ1) is 11.2. The van der Waals surface area contributed by atoms with Gasteiger partial charge in [-0.15, -0.1) is 0 Å². The highest BCUT2D eigenvalue weighted by atomic mass is 16.5. The van der Waals surface area contributed by atoms with Crippen molar-refractivity contribution >= 4 is 12.0 Å². The molecule has 1 N–H and O–H groups in total. The number of benzene rings is 1. The van der Waals surface area contributed by atoms with Crippen LogP contribution in [-0.4, -0.2) is 63.5 Å². The van der Waals surface area contributed by atoms with Crippen LogP contribution in [0.1, 0.15) is 12.0 Å². The third-order valence-electron chi connectivity index (χ3n) is 3.30. The highest BCUT2D eigenvalue weighted by Crippen LogP contribution is 2.25. The lowest BCUT2D eigenvalue weighted by molar-refractivity contribution is -0.126. The van der Waals surface area contributed by atoms with Gasteiger partial charge in [-0.2, -0.15) is 0 Å². The third-order valence-corrected chi connectivity index (χ3v) is 3.30. The summed E-state index contributed by atoms with van der Waals surface area (Å²) in [5.41, 5.74) is 0.751. The van der Waals surface area contributed by atoms with Gasteiger partial charge in [0.05, 0.1) is 20.8 Å². The topological polar surface area (TPSA) is 68.2 Å². The molecule has 1 aromatic rings. The molecule has 6 nitrogen and oxygen atoms in total. The lowest BCUT2D eigenvalue weighted by Gasteiger charge is -2.19. The predicted octanol–water partition coefficient (Wildman–Crippen LogP) is 1.57. The molecule has 1 rings (SSSR count). The highest BCUT2D eigenvalue weighted by Gasteiger charge is 2.10. The molecular weight excluding hydrogens is 298 g/mol. The maximum atomic E-state index is 12.3. The quantitative estimate of drug-likeness (QED) is 0.523. The van der Waals surface area contributed by atoms with Crippen molar-refractivity contribution in [3.63, 3.8) is 0 Å². The van der Waals surface area contributed by atoms with Gasteiger partial charge in [0.2, 0.25) is 5.91 Å². The van der Waals surface area contributed by atoms with Gasteiger partial charge in [-0.3, -0.25) is 4.79 Å². The standard InChI is InChI=1S/C17H25NO5/c1-21-12-4-9-18(10-11-19)17(20)8-5-14-13-15(22-2)6-7-16(14)23-3/h5-8,13,19H,4,9-12H2,1-3H3/b8-5+. The summed E-state index contributed by atoms with van der Waals surface area (Å²) in [5.74, 6) is 1.17. The largest absolute Gasteiger partial charge is 0.497 e. The molecule has 0 aliphatic heterocycles. The lowest BCUT2D eigenvalue weighted by Crippen LogP contribution is -2.33. The summed E-state index contributed by atoms with van der Waals surface area (Å²) in [6.45, 7) is 1.33. The Morgan fingerprint density at radius 1 is 1.22 bits per heavy atom. The summed E-state index contributed by atoms with van der Waals surface area (Å²) in [4.78, 5) is 13.9. The summed E-state index contributed by atoms with van der Waals surface area (Å²) >= 11 is 0. The van der Waals surface area contributed by atoms with Crippen molar-refractivity contribution in [1.29, 1.82) is 0 Å².